The molecule has 1 fully saturated rings. The van der Waals surface area contributed by atoms with Crippen molar-refractivity contribution < 1.29 is 27.8 Å². The molecule has 2 N–H and O–H groups in total. The van der Waals surface area contributed by atoms with Crippen molar-refractivity contribution in [1.29, 1.82) is 0 Å². The maximum atomic E-state index is 12.9. The van der Waals surface area contributed by atoms with E-state index < -0.39 is 23.6 Å². The summed E-state index contributed by atoms with van der Waals surface area (Å²) in [6.45, 7) is 6.72. The number of amides is 1. The van der Waals surface area contributed by atoms with Crippen LogP contribution in [0.3, 0.4) is 0 Å². The van der Waals surface area contributed by atoms with Crippen molar-refractivity contribution in [2.24, 2.45) is 0 Å². The maximum absolute atomic E-state index is 12.9. The molecule has 30 heavy (non-hydrogen) atoms. The Kier molecular flexibility index (Phi) is 7.09. The fraction of sp³-hybridized carbons (Fsp3) is 0.682. The predicted octanol–water partition coefficient (Wildman–Crippen LogP) is 3.61. The van der Waals surface area contributed by atoms with Crippen molar-refractivity contribution in [3.8, 4) is 0 Å². The van der Waals surface area contributed by atoms with Crippen LogP contribution in [-0.2, 0) is 9.53 Å². The Morgan fingerprint density at radius 3 is 2.70 bits per heavy atom. The third kappa shape index (κ3) is 4.98. The number of alkyl halides is 3. The Hall–Kier alpha value is -1.64. The summed E-state index contributed by atoms with van der Waals surface area (Å²) in [6, 6.07) is 0. The minimum atomic E-state index is -4.31. The summed E-state index contributed by atoms with van der Waals surface area (Å²) in [7, 11) is 0. The Labute approximate surface area is 175 Å². The molecular weight excluding hydrogens is 397 g/mol. The first kappa shape index (κ1) is 23.0. The molecule has 0 saturated carbocycles. The van der Waals surface area contributed by atoms with Gasteiger partial charge in [-0.1, -0.05) is 24.6 Å². The van der Waals surface area contributed by atoms with Crippen LogP contribution in [0.5, 0.6) is 0 Å². The number of hydrogen-bond acceptors (Lipinski definition) is 4. The van der Waals surface area contributed by atoms with Gasteiger partial charge >= 0.3 is 6.18 Å². The molecular formula is C22H31F3N2O3. The minimum Gasteiger partial charge on any atom is -0.364 e. The molecule has 2 aliphatic heterocycles. The first-order valence-corrected chi connectivity index (χ1v) is 10.7. The molecule has 2 heterocycles. The molecule has 8 heteroatoms. The van der Waals surface area contributed by atoms with Crippen molar-refractivity contribution >= 4 is 5.91 Å². The maximum Gasteiger partial charge on any atom is 0.416 e. The smallest absolute Gasteiger partial charge is 0.364 e. The highest BCUT2D eigenvalue weighted by Gasteiger charge is 2.49. The normalized spacial score (nSPS) is 24.8. The molecule has 0 aromatic rings. The molecule has 1 atom stereocenters. The average molecular weight is 428 g/mol. The summed E-state index contributed by atoms with van der Waals surface area (Å²) in [6.07, 6.45) is 0.477. The lowest BCUT2D eigenvalue weighted by atomic mass is 9.82. The average Bonchev–Trinajstić information content (AvgIpc) is 2.95. The molecule has 0 aromatic carbocycles. The van der Waals surface area contributed by atoms with Crippen LogP contribution in [0.2, 0.25) is 0 Å². The number of nitrogens with one attached hydrogen (secondary N) is 1. The van der Waals surface area contributed by atoms with Gasteiger partial charge in [-0.25, -0.2) is 0 Å². The van der Waals surface area contributed by atoms with Crippen LogP contribution in [-0.4, -0.2) is 60.2 Å². The fourth-order valence-corrected chi connectivity index (χ4v) is 4.59. The third-order valence-electron chi connectivity index (χ3n) is 6.37. The minimum absolute atomic E-state index is 0.248. The van der Waals surface area contributed by atoms with Crippen LogP contribution in [0.15, 0.2) is 34.4 Å². The largest absolute Gasteiger partial charge is 0.416 e. The molecule has 168 valence electrons. The molecule has 1 amide bonds. The van der Waals surface area contributed by atoms with E-state index >= 15 is 0 Å². The van der Waals surface area contributed by atoms with Crippen molar-refractivity contribution in [2.75, 3.05) is 26.2 Å². The molecule has 1 saturated heterocycles. The summed E-state index contributed by atoms with van der Waals surface area (Å²) in [4.78, 5) is 15.2. The van der Waals surface area contributed by atoms with E-state index in [4.69, 9.17) is 4.74 Å². The SMILES string of the molecule is CCN1CCC2(CC1)OC(O)C(C)=C2C(=O)NCCCC1=CC(C(F)(F)F)=CCC1. The number of rotatable bonds is 6. The van der Waals surface area contributed by atoms with Crippen molar-refractivity contribution in [3.05, 3.63) is 34.4 Å². The van der Waals surface area contributed by atoms with Crippen LogP contribution in [0, 0.1) is 0 Å². The Bertz CT molecular complexity index is 747. The second-order valence-corrected chi connectivity index (χ2v) is 8.31. The molecule has 1 spiro atoms. The first-order valence-electron chi connectivity index (χ1n) is 10.7. The number of halogens is 3. The Balaban J connectivity index is 1.55. The second-order valence-electron chi connectivity index (χ2n) is 8.31. The van der Waals surface area contributed by atoms with E-state index in [-0.39, 0.29) is 5.91 Å². The van der Waals surface area contributed by atoms with Gasteiger partial charge in [-0.05, 0) is 57.6 Å². The van der Waals surface area contributed by atoms with Crippen LogP contribution >= 0.6 is 0 Å². The molecule has 0 radical (unpaired) electrons. The molecule has 0 bridgehead atoms. The number of ether oxygens (including phenoxy) is 1. The van der Waals surface area contributed by atoms with E-state index in [9.17, 15) is 23.1 Å². The monoisotopic (exact) mass is 428 g/mol. The number of aliphatic hydroxyl groups excluding tert-OH is 1. The summed E-state index contributed by atoms with van der Waals surface area (Å²) in [5.74, 6) is -0.248. The molecule has 3 rings (SSSR count). The molecule has 3 aliphatic rings. The molecule has 1 aliphatic carbocycles. The number of carbonyl (C=O) groups is 1. The number of hydrogen-bond donors (Lipinski definition) is 2. The highest BCUT2D eigenvalue weighted by molar-refractivity contribution is 5.97. The van der Waals surface area contributed by atoms with Gasteiger partial charge in [0.05, 0.1) is 11.1 Å². The van der Waals surface area contributed by atoms with Gasteiger partial charge in [-0.15, -0.1) is 0 Å². The lowest BCUT2D eigenvalue weighted by molar-refractivity contribution is -0.150. The van der Waals surface area contributed by atoms with Gasteiger partial charge in [-0.2, -0.15) is 13.2 Å². The van der Waals surface area contributed by atoms with Crippen molar-refractivity contribution in [2.45, 2.75) is 70.4 Å². The second kappa shape index (κ2) is 9.24. The van der Waals surface area contributed by atoms with Crippen LogP contribution < -0.4 is 5.32 Å². The number of likely N-dealkylation sites (tertiary alicyclic amines) is 1. The van der Waals surface area contributed by atoms with E-state index in [2.05, 4.69) is 17.1 Å². The zero-order valence-electron chi connectivity index (χ0n) is 17.6. The van der Waals surface area contributed by atoms with Gasteiger partial charge in [-0.3, -0.25) is 4.79 Å². The van der Waals surface area contributed by atoms with Crippen LogP contribution in [0.4, 0.5) is 13.2 Å². The van der Waals surface area contributed by atoms with E-state index in [0.717, 1.165) is 25.2 Å². The fourth-order valence-electron chi connectivity index (χ4n) is 4.59. The first-order chi connectivity index (χ1) is 14.2. The number of piperidine rings is 1. The summed E-state index contributed by atoms with van der Waals surface area (Å²) >= 11 is 0. The van der Waals surface area contributed by atoms with Crippen molar-refractivity contribution in [1.82, 2.24) is 10.2 Å². The Morgan fingerprint density at radius 1 is 1.37 bits per heavy atom. The summed E-state index contributed by atoms with van der Waals surface area (Å²) < 4.78 is 44.4. The highest BCUT2D eigenvalue weighted by Crippen LogP contribution is 2.42. The molecule has 1 unspecified atom stereocenters. The molecule has 0 aromatic heterocycles. The number of nitrogens with zero attached hydrogens (tertiary/aromatic N) is 1. The Morgan fingerprint density at radius 2 is 2.07 bits per heavy atom. The highest BCUT2D eigenvalue weighted by atomic mass is 19.4. The van der Waals surface area contributed by atoms with Crippen molar-refractivity contribution in [3.63, 3.8) is 0 Å². The third-order valence-corrected chi connectivity index (χ3v) is 6.37. The van der Waals surface area contributed by atoms with E-state index in [1.165, 1.54) is 12.2 Å². The number of carbonyl (C=O) groups excluding carboxylic acids is 1. The summed E-state index contributed by atoms with van der Waals surface area (Å²) in [5.41, 5.74) is 0.498. The van der Waals surface area contributed by atoms with Crippen LogP contribution in [0.25, 0.3) is 0 Å². The zero-order valence-corrected chi connectivity index (χ0v) is 17.6. The molecule has 5 nitrogen and oxygen atoms in total. The quantitative estimate of drug-likeness (QED) is 0.635. The van der Waals surface area contributed by atoms with Gasteiger partial charge in [0, 0.05) is 19.6 Å². The number of aliphatic hydroxyl groups is 1. The lowest BCUT2D eigenvalue weighted by Crippen LogP contribution is -2.49. The number of allylic oxidation sites excluding steroid dienone is 4. The standard InChI is InChI=1S/C22H31F3N2O3/c1-3-27-12-9-21(10-13-27)18(15(2)20(29)30-21)19(28)26-11-5-7-16-6-4-8-17(14-16)22(23,24)25/h8,14,20,29H,3-7,9-13H2,1-2H3,(H,26,28). The van der Waals surface area contributed by atoms with Gasteiger partial charge in [0.1, 0.15) is 5.60 Å². The zero-order chi connectivity index (χ0) is 21.9. The van der Waals surface area contributed by atoms with E-state index in [1.54, 1.807) is 6.92 Å². The summed E-state index contributed by atoms with van der Waals surface area (Å²) in [5, 5.41) is 13.1. The van der Waals surface area contributed by atoms with Gasteiger partial charge in [0.25, 0.3) is 0 Å². The van der Waals surface area contributed by atoms with Gasteiger partial charge in [0.2, 0.25) is 5.91 Å². The topological polar surface area (TPSA) is 61.8 Å². The van der Waals surface area contributed by atoms with Gasteiger partial charge < -0.3 is 20.1 Å². The predicted molar refractivity (Wildman–Crippen MR) is 108 cm³/mol. The van der Waals surface area contributed by atoms with E-state index in [0.29, 0.717) is 56.2 Å². The van der Waals surface area contributed by atoms with E-state index in [1.807, 2.05) is 0 Å². The van der Waals surface area contributed by atoms with Crippen LogP contribution in [0.1, 0.15) is 52.4 Å². The van der Waals surface area contributed by atoms with Gasteiger partial charge in [0.15, 0.2) is 6.29 Å². The lowest BCUT2D eigenvalue weighted by Gasteiger charge is -2.39.